The summed E-state index contributed by atoms with van der Waals surface area (Å²) in [6.07, 6.45) is 1.88. The fraction of sp³-hybridized carbons (Fsp3) is 0.250. The average Bonchev–Trinajstić information content (AvgIpc) is 2.80. The van der Waals surface area contributed by atoms with Gasteiger partial charge >= 0.3 is 167 Å². The van der Waals surface area contributed by atoms with E-state index in [0.717, 1.165) is 22.3 Å². The molecule has 3 aromatic rings. The molecule has 0 aromatic heterocycles. The zero-order valence-electron chi connectivity index (χ0n) is 16.0. The number of rotatable bonds is 6. The number of ether oxygens (including phenoxy) is 2. The van der Waals surface area contributed by atoms with Gasteiger partial charge in [-0.2, -0.15) is 0 Å². The van der Waals surface area contributed by atoms with Gasteiger partial charge in [0.15, 0.2) is 0 Å². The van der Waals surface area contributed by atoms with Crippen LogP contribution in [0.3, 0.4) is 0 Å². The van der Waals surface area contributed by atoms with Gasteiger partial charge in [0.2, 0.25) is 0 Å². The van der Waals surface area contributed by atoms with E-state index in [1.54, 1.807) is 0 Å². The quantitative estimate of drug-likeness (QED) is 0.650. The van der Waals surface area contributed by atoms with Crippen LogP contribution in [-0.2, 0) is 9.47 Å². The van der Waals surface area contributed by atoms with E-state index >= 15 is 0 Å². The standard InChI is InChI=1S/C24H27O3P/c25-28(21-11-4-1-5-12-21,22-13-6-2-7-14-22,23-15-8-3-9-16-23)20-17-24-26-18-10-19-27-24/h1-9,11-16,24-25H,10,17-20H2. The first-order valence-electron chi connectivity index (χ1n) is 9.88. The molecule has 0 radical (unpaired) electrons. The van der Waals surface area contributed by atoms with E-state index in [-0.39, 0.29) is 6.29 Å². The Morgan fingerprint density at radius 3 is 1.46 bits per heavy atom. The van der Waals surface area contributed by atoms with E-state index in [0.29, 0.717) is 25.8 Å². The van der Waals surface area contributed by atoms with Crippen LogP contribution < -0.4 is 15.9 Å². The van der Waals surface area contributed by atoms with Gasteiger partial charge in [-0.25, -0.2) is 0 Å². The molecule has 28 heavy (non-hydrogen) atoms. The molecular formula is C24H27O3P. The number of benzene rings is 3. The Balaban J connectivity index is 1.89. The van der Waals surface area contributed by atoms with Crippen molar-refractivity contribution in [1.82, 2.24) is 0 Å². The van der Waals surface area contributed by atoms with Crippen molar-refractivity contribution in [2.45, 2.75) is 19.1 Å². The van der Waals surface area contributed by atoms with E-state index in [2.05, 4.69) is 36.4 Å². The van der Waals surface area contributed by atoms with Crippen LogP contribution in [0.5, 0.6) is 0 Å². The van der Waals surface area contributed by atoms with E-state index in [9.17, 15) is 4.89 Å². The fourth-order valence-corrected chi connectivity index (χ4v) is 8.97. The molecular weight excluding hydrogens is 367 g/mol. The van der Waals surface area contributed by atoms with Crippen molar-refractivity contribution in [1.29, 1.82) is 0 Å². The topological polar surface area (TPSA) is 38.7 Å². The molecule has 146 valence electrons. The summed E-state index contributed by atoms with van der Waals surface area (Å²) in [5.74, 6) is 0. The molecule has 1 N–H and O–H groups in total. The second kappa shape index (κ2) is 8.14. The first-order chi connectivity index (χ1) is 13.7. The molecule has 0 saturated carbocycles. The Bertz CT molecular complexity index is 778. The molecule has 1 heterocycles. The zero-order valence-corrected chi connectivity index (χ0v) is 16.9. The molecule has 0 spiro atoms. The Labute approximate surface area is 167 Å². The summed E-state index contributed by atoms with van der Waals surface area (Å²) in [6, 6.07) is 30.4. The monoisotopic (exact) mass is 394 g/mol. The van der Waals surface area contributed by atoms with E-state index < -0.39 is 6.83 Å². The third-order valence-electron chi connectivity index (χ3n) is 5.63. The summed E-state index contributed by atoms with van der Waals surface area (Å²) in [4.78, 5) is 12.9. The Morgan fingerprint density at radius 1 is 0.679 bits per heavy atom. The Hall–Kier alpha value is -2.03. The minimum absolute atomic E-state index is 0.265. The second-order valence-corrected chi connectivity index (χ2v) is 11.8. The molecule has 0 amide bonds. The van der Waals surface area contributed by atoms with Crippen molar-refractivity contribution >= 4 is 22.7 Å². The summed E-state index contributed by atoms with van der Waals surface area (Å²) in [5, 5.41) is 2.92. The molecule has 0 bridgehead atoms. The van der Waals surface area contributed by atoms with Crippen LogP contribution in [0.1, 0.15) is 12.8 Å². The van der Waals surface area contributed by atoms with Gasteiger partial charge in [-0.1, -0.05) is 0 Å². The average molecular weight is 394 g/mol. The van der Waals surface area contributed by atoms with Crippen molar-refractivity contribution in [3.8, 4) is 0 Å². The first kappa shape index (κ1) is 19.3. The van der Waals surface area contributed by atoms with Crippen LogP contribution in [0.2, 0.25) is 0 Å². The third-order valence-corrected chi connectivity index (χ3v) is 11.0. The minimum atomic E-state index is -3.68. The molecule has 4 rings (SSSR count). The van der Waals surface area contributed by atoms with Gasteiger partial charge in [0.25, 0.3) is 0 Å². The Kier molecular flexibility index (Phi) is 5.61. The van der Waals surface area contributed by atoms with Gasteiger partial charge in [0, 0.05) is 0 Å². The molecule has 0 aliphatic carbocycles. The molecule has 4 heteroatoms. The predicted molar refractivity (Wildman–Crippen MR) is 117 cm³/mol. The summed E-state index contributed by atoms with van der Waals surface area (Å²) in [7, 11) is 0. The molecule has 1 aliphatic rings. The first-order valence-corrected chi connectivity index (χ1v) is 12.3. The fourth-order valence-electron chi connectivity index (χ4n) is 4.14. The van der Waals surface area contributed by atoms with Crippen LogP contribution in [0.15, 0.2) is 91.0 Å². The van der Waals surface area contributed by atoms with Crippen molar-refractivity contribution in [3.05, 3.63) is 91.0 Å². The second-order valence-electron chi connectivity index (χ2n) is 7.29. The third kappa shape index (κ3) is 3.40. The zero-order chi connectivity index (χ0) is 19.3. The summed E-state index contributed by atoms with van der Waals surface area (Å²) in [5.41, 5.74) is 0. The Morgan fingerprint density at radius 2 is 1.07 bits per heavy atom. The van der Waals surface area contributed by atoms with Crippen LogP contribution >= 0.6 is 6.83 Å². The molecule has 0 atom stereocenters. The molecule has 3 nitrogen and oxygen atoms in total. The van der Waals surface area contributed by atoms with E-state index in [1.807, 2.05) is 54.6 Å². The maximum atomic E-state index is 12.9. The normalized spacial score (nSPS) is 17.0. The van der Waals surface area contributed by atoms with Crippen LogP contribution in [0.25, 0.3) is 0 Å². The van der Waals surface area contributed by atoms with Crippen LogP contribution in [0, 0.1) is 0 Å². The van der Waals surface area contributed by atoms with Crippen molar-refractivity contribution < 1.29 is 14.4 Å². The molecule has 3 aromatic carbocycles. The van der Waals surface area contributed by atoms with Gasteiger partial charge in [0.05, 0.1) is 0 Å². The van der Waals surface area contributed by atoms with E-state index in [4.69, 9.17) is 9.47 Å². The molecule has 1 saturated heterocycles. The summed E-state index contributed by atoms with van der Waals surface area (Å²) < 4.78 is 11.6. The van der Waals surface area contributed by atoms with Crippen LogP contribution in [-0.4, -0.2) is 30.6 Å². The number of hydrogen-bond acceptors (Lipinski definition) is 3. The van der Waals surface area contributed by atoms with Crippen molar-refractivity contribution in [3.63, 3.8) is 0 Å². The summed E-state index contributed by atoms with van der Waals surface area (Å²) >= 11 is 0. The number of hydrogen-bond donors (Lipinski definition) is 1. The maximum absolute atomic E-state index is 12.9. The van der Waals surface area contributed by atoms with Crippen molar-refractivity contribution in [2.24, 2.45) is 0 Å². The molecule has 1 aliphatic heterocycles. The molecule has 1 fully saturated rings. The van der Waals surface area contributed by atoms with Gasteiger partial charge in [-0.05, 0) is 0 Å². The summed E-state index contributed by atoms with van der Waals surface area (Å²) in [6.45, 7) is -2.25. The van der Waals surface area contributed by atoms with Gasteiger partial charge < -0.3 is 0 Å². The molecule has 0 unspecified atom stereocenters. The van der Waals surface area contributed by atoms with Gasteiger partial charge in [0.1, 0.15) is 0 Å². The van der Waals surface area contributed by atoms with Crippen molar-refractivity contribution in [2.75, 3.05) is 19.4 Å². The van der Waals surface area contributed by atoms with Crippen LogP contribution in [0.4, 0.5) is 0 Å². The van der Waals surface area contributed by atoms with E-state index in [1.165, 1.54) is 0 Å². The van der Waals surface area contributed by atoms with Gasteiger partial charge in [-0.3, -0.25) is 0 Å². The SMILES string of the molecule is OP(CCC1OCCCO1)(c1ccccc1)(c1ccccc1)c1ccccc1. The van der Waals surface area contributed by atoms with Gasteiger partial charge in [-0.15, -0.1) is 0 Å². The predicted octanol–water partition coefficient (Wildman–Crippen LogP) is 3.58.